The third-order valence-corrected chi connectivity index (χ3v) is 4.98. The number of nitrogens with two attached hydrogens (primary N) is 1. The first-order chi connectivity index (χ1) is 12.8. The van der Waals surface area contributed by atoms with E-state index >= 15 is 0 Å². The standard InChI is InChI=1S/C19H18Br2N2O4/c1-4-6-26-17-13(20)7-11(8-14(17)21)16-12(9-22)18(23)27-10(3)15(16)19(24)25-5-2/h4,7-8,16H,1,5-6,23H2,2-3H3. The summed E-state index contributed by atoms with van der Waals surface area (Å²) in [4.78, 5) is 12.5. The molecular formula is C19H18Br2N2O4. The molecule has 0 saturated heterocycles. The van der Waals surface area contributed by atoms with E-state index in [2.05, 4.69) is 44.5 Å². The van der Waals surface area contributed by atoms with E-state index in [1.54, 1.807) is 32.1 Å². The summed E-state index contributed by atoms with van der Waals surface area (Å²) in [6.45, 7) is 7.48. The lowest BCUT2D eigenvalue weighted by Gasteiger charge is -2.27. The quantitative estimate of drug-likeness (QED) is 0.461. The Morgan fingerprint density at radius 1 is 1.44 bits per heavy atom. The highest BCUT2D eigenvalue weighted by Crippen LogP contribution is 2.44. The third kappa shape index (κ3) is 4.37. The number of hydrogen-bond donors (Lipinski definition) is 1. The first-order valence-corrected chi connectivity index (χ1v) is 9.62. The predicted octanol–water partition coefficient (Wildman–Crippen LogP) is 4.42. The van der Waals surface area contributed by atoms with Crippen LogP contribution in [0.15, 0.2) is 56.5 Å². The fourth-order valence-electron chi connectivity index (χ4n) is 2.71. The van der Waals surface area contributed by atoms with Crippen molar-refractivity contribution in [3.63, 3.8) is 0 Å². The number of carbonyl (C=O) groups excluding carboxylic acids is 1. The molecular weight excluding hydrogens is 480 g/mol. The summed E-state index contributed by atoms with van der Waals surface area (Å²) in [5, 5.41) is 9.62. The van der Waals surface area contributed by atoms with Gasteiger partial charge in [0.05, 0.1) is 27.0 Å². The lowest BCUT2D eigenvalue weighted by atomic mass is 9.83. The number of carbonyl (C=O) groups is 1. The number of nitriles is 1. The number of hydrogen-bond acceptors (Lipinski definition) is 6. The van der Waals surface area contributed by atoms with Gasteiger partial charge >= 0.3 is 5.97 Å². The molecule has 1 aromatic carbocycles. The third-order valence-electron chi connectivity index (χ3n) is 3.80. The molecule has 1 aliphatic rings. The highest BCUT2D eigenvalue weighted by Gasteiger charge is 2.36. The minimum Gasteiger partial charge on any atom is -0.487 e. The van der Waals surface area contributed by atoms with Crippen molar-refractivity contribution in [2.75, 3.05) is 13.2 Å². The molecule has 0 amide bonds. The monoisotopic (exact) mass is 496 g/mol. The van der Waals surface area contributed by atoms with Crippen LogP contribution in [0.3, 0.4) is 0 Å². The molecule has 1 atom stereocenters. The first kappa shape index (κ1) is 21.1. The molecule has 0 spiro atoms. The van der Waals surface area contributed by atoms with E-state index in [1.165, 1.54) is 0 Å². The van der Waals surface area contributed by atoms with Crippen molar-refractivity contribution < 1.29 is 19.0 Å². The largest absolute Gasteiger partial charge is 0.487 e. The van der Waals surface area contributed by atoms with E-state index < -0.39 is 11.9 Å². The Kier molecular flexibility index (Phi) is 7.11. The molecule has 2 N–H and O–H groups in total. The van der Waals surface area contributed by atoms with Gasteiger partial charge in [0.15, 0.2) is 0 Å². The number of rotatable bonds is 6. The Hall–Kier alpha value is -2.24. The number of allylic oxidation sites excluding steroid dienone is 2. The van der Waals surface area contributed by atoms with Gasteiger partial charge in [-0.15, -0.1) is 0 Å². The molecule has 0 radical (unpaired) electrons. The summed E-state index contributed by atoms with van der Waals surface area (Å²) < 4.78 is 17.5. The minimum absolute atomic E-state index is 0.0349. The van der Waals surface area contributed by atoms with E-state index in [-0.39, 0.29) is 23.6 Å². The van der Waals surface area contributed by atoms with Crippen LogP contribution >= 0.6 is 31.9 Å². The van der Waals surface area contributed by atoms with Gasteiger partial charge in [-0.05, 0) is 63.4 Å². The van der Waals surface area contributed by atoms with E-state index in [0.29, 0.717) is 32.6 Å². The molecule has 1 unspecified atom stereocenters. The van der Waals surface area contributed by atoms with Gasteiger partial charge in [-0.2, -0.15) is 5.26 Å². The average Bonchev–Trinajstić information content (AvgIpc) is 2.60. The Labute approximate surface area is 174 Å². The van der Waals surface area contributed by atoms with Crippen LogP contribution in [-0.2, 0) is 14.3 Å². The molecule has 2 rings (SSSR count). The minimum atomic E-state index is -0.719. The molecule has 0 aromatic heterocycles. The molecule has 1 aliphatic heterocycles. The van der Waals surface area contributed by atoms with E-state index in [4.69, 9.17) is 19.9 Å². The molecule has 27 heavy (non-hydrogen) atoms. The van der Waals surface area contributed by atoms with Crippen LogP contribution in [0.1, 0.15) is 25.3 Å². The van der Waals surface area contributed by atoms with Crippen molar-refractivity contribution in [3.05, 3.63) is 62.1 Å². The molecule has 1 heterocycles. The maximum Gasteiger partial charge on any atom is 0.338 e. The Morgan fingerprint density at radius 2 is 2.07 bits per heavy atom. The molecule has 0 saturated carbocycles. The summed E-state index contributed by atoms with van der Waals surface area (Å²) in [6.07, 6.45) is 1.63. The van der Waals surface area contributed by atoms with Gasteiger partial charge in [-0.25, -0.2) is 4.79 Å². The summed E-state index contributed by atoms with van der Waals surface area (Å²) in [5.41, 5.74) is 6.94. The molecule has 6 nitrogen and oxygen atoms in total. The topological polar surface area (TPSA) is 94.6 Å². The maximum absolute atomic E-state index is 12.5. The van der Waals surface area contributed by atoms with E-state index in [0.717, 1.165) is 0 Å². The van der Waals surface area contributed by atoms with Gasteiger partial charge in [-0.1, -0.05) is 12.7 Å². The van der Waals surface area contributed by atoms with Crippen LogP contribution in [0.4, 0.5) is 0 Å². The Morgan fingerprint density at radius 3 is 2.59 bits per heavy atom. The van der Waals surface area contributed by atoms with Crippen molar-refractivity contribution in [3.8, 4) is 11.8 Å². The number of benzene rings is 1. The van der Waals surface area contributed by atoms with Crippen molar-refractivity contribution in [1.29, 1.82) is 5.26 Å². The van der Waals surface area contributed by atoms with E-state index in [9.17, 15) is 10.1 Å². The van der Waals surface area contributed by atoms with Crippen molar-refractivity contribution >= 4 is 37.8 Å². The zero-order chi connectivity index (χ0) is 20.1. The van der Waals surface area contributed by atoms with Crippen LogP contribution in [0.2, 0.25) is 0 Å². The predicted molar refractivity (Wildman–Crippen MR) is 108 cm³/mol. The van der Waals surface area contributed by atoms with Crippen LogP contribution in [0, 0.1) is 11.3 Å². The smallest absolute Gasteiger partial charge is 0.338 e. The van der Waals surface area contributed by atoms with Gasteiger partial charge in [0.1, 0.15) is 29.8 Å². The zero-order valence-corrected chi connectivity index (χ0v) is 18.0. The van der Waals surface area contributed by atoms with Gasteiger partial charge < -0.3 is 19.9 Å². The maximum atomic E-state index is 12.5. The molecule has 0 fully saturated rings. The molecule has 1 aromatic rings. The van der Waals surface area contributed by atoms with Crippen molar-refractivity contribution in [1.82, 2.24) is 0 Å². The van der Waals surface area contributed by atoms with Crippen LogP contribution < -0.4 is 10.5 Å². The Bertz CT molecular complexity index is 861. The summed E-state index contributed by atoms with van der Waals surface area (Å²) in [5.74, 6) is -0.427. The average molecular weight is 498 g/mol. The van der Waals surface area contributed by atoms with Gasteiger partial charge in [0, 0.05) is 0 Å². The molecule has 8 heteroatoms. The summed E-state index contributed by atoms with van der Waals surface area (Å²) >= 11 is 6.94. The van der Waals surface area contributed by atoms with Crippen LogP contribution in [0.25, 0.3) is 0 Å². The second kappa shape index (κ2) is 9.11. The highest BCUT2D eigenvalue weighted by atomic mass is 79.9. The SMILES string of the molecule is C=CCOc1c(Br)cc(C2C(C#N)=C(N)OC(C)=C2C(=O)OCC)cc1Br. The number of esters is 1. The van der Waals surface area contributed by atoms with Gasteiger partial charge in [0.25, 0.3) is 0 Å². The second-order valence-electron chi connectivity index (χ2n) is 5.53. The van der Waals surface area contributed by atoms with Crippen molar-refractivity contribution in [2.45, 2.75) is 19.8 Å². The zero-order valence-electron chi connectivity index (χ0n) is 14.8. The lowest BCUT2D eigenvalue weighted by Crippen LogP contribution is -2.25. The van der Waals surface area contributed by atoms with E-state index in [1.807, 2.05) is 0 Å². The molecule has 0 aliphatic carbocycles. The molecule has 142 valence electrons. The first-order valence-electron chi connectivity index (χ1n) is 8.03. The number of halogens is 2. The van der Waals surface area contributed by atoms with Crippen LogP contribution in [0.5, 0.6) is 5.75 Å². The van der Waals surface area contributed by atoms with Gasteiger partial charge in [0.2, 0.25) is 5.88 Å². The second-order valence-corrected chi connectivity index (χ2v) is 7.24. The normalized spacial score (nSPS) is 16.5. The highest BCUT2D eigenvalue weighted by molar-refractivity contribution is 9.11. The molecule has 0 bridgehead atoms. The fraction of sp³-hybridized carbons (Fsp3) is 0.263. The van der Waals surface area contributed by atoms with Gasteiger partial charge in [-0.3, -0.25) is 0 Å². The lowest BCUT2D eigenvalue weighted by molar-refractivity contribution is -0.139. The summed E-state index contributed by atoms with van der Waals surface area (Å²) in [6, 6.07) is 5.60. The van der Waals surface area contributed by atoms with Crippen LogP contribution in [-0.4, -0.2) is 19.2 Å². The number of nitrogens with zero attached hydrogens (tertiary/aromatic N) is 1. The Balaban J connectivity index is 2.63. The number of ether oxygens (including phenoxy) is 3. The van der Waals surface area contributed by atoms with Crippen molar-refractivity contribution in [2.24, 2.45) is 5.73 Å². The summed E-state index contributed by atoms with van der Waals surface area (Å²) in [7, 11) is 0. The fourth-order valence-corrected chi connectivity index (χ4v) is 4.17.